The fraction of sp³-hybridized carbons (Fsp3) is 0.333. The average molecular weight is 297 g/mol. The first-order valence-electron chi connectivity index (χ1n) is 7.53. The van der Waals surface area contributed by atoms with Crippen molar-refractivity contribution in [3.8, 4) is 0 Å². The summed E-state index contributed by atoms with van der Waals surface area (Å²) < 4.78 is 0. The van der Waals surface area contributed by atoms with Crippen LogP contribution in [0, 0.1) is 20.8 Å². The lowest BCUT2D eigenvalue weighted by Crippen LogP contribution is -2.22. The molecule has 0 aliphatic carbocycles. The van der Waals surface area contributed by atoms with Gasteiger partial charge in [-0.25, -0.2) is 0 Å². The summed E-state index contributed by atoms with van der Waals surface area (Å²) >= 11 is 0. The third-order valence-corrected chi connectivity index (χ3v) is 3.52. The minimum absolute atomic E-state index is 0.0359. The summed E-state index contributed by atoms with van der Waals surface area (Å²) in [6, 6.07) is 8.10. The van der Waals surface area contributed by atoms with Gasteiger partial charge in [-0.05, 0) is 43.5 Å². The Morgan fingerprint density at radius 1 is 1.18 bits per heavy atom. The molecule has 4 heteroatoms. The van der Waals surface area contributed by atoms with Crippen molar-refractivity contribution in [1.29, 1.82) is 0 Å². The van der Waals surface area contributed by atoms with Crippen LogP contribution >= 0.6 is 0 Å². The van der Waals surface area contributed by atoms with Gasteiger partial charge in [0.05, 0.1) is 0 Å². The summed E-state index contributed by atoms with van der Waals surface area (Å²) in [6.07, 6.45) is 4.03. The summed E-state index contributed by atoms with van der Waals surface area (Å²) in [7, 11) is 0. The predicted octanol–water partition coefficient (Wildman–Crippen LogP) is 3.13. The monoisotopic (exact) mass is 297 g/mol. The second kappa shape index (κ2) is 7.71. The van der Waals surface area contributed by atoms with E-state index in [1.54, 1.807) is 6.20 Å². The van der Waals surface area contributed by atoms with E-state index < -0.39 is 0 Å². The number of pyridine rings is 1. The number of amides is 1. The number of hydrogen-bond acceptors (Lipinski definition) is 3. The lowest BCUT2D eigenvalue weighted by molar-refractivity contribution is -0.116. The molecule has 1 aromatic carbocycles. The highest BCUT2D eigenvalue weighted by atomic mass is 16.1. The quantitative estimate of drug-likeness (QED) is 0.805. The van der Waals surface area contributed by atoms with Crippen molar-refractivity contribution in [3.63, 3.8) is 0 Å². The lowest BCUT2D eigenvalue weighted by atomic mass is 10.1. The van der Waals surface area contributed by atoms with E-state index in [-0.39, 0.29) is 5.91 Å². The highest BCUT2D eigenvalue weighted by molar-refractivity contribution is 5.92. The molecule has 2 N–H and O–H groups in total. The van der Waals surface area contributed by atoms with E-state index in [9.17, 15) is 4.79 Å². The van der Waals surface area contributed by atoms with Gasteiger partial charge in [0, 0.05) is 37.6 Å². The second-order valence-corrected chi connectivity index (χ2v) is 5.61. The molecule has 1 amide bonds. The van der Waals surface area contributed by atoms with Crippen LogP contribution in [0.4, 0.5) is 5.69 Å². The van der Waals surface area contributed by atoms with Crippen LogP contribution in [-0.4, -0.2) is 17.4 Å². The van der Waals surface area contributed by atoms with E-state index in [1.807, 2.05) is 32.2 Å². The Hall–Kier alpha value is -2.20. The van der Waals surface area contributed by atoms with Crippen molar-refractivity contribution < 1.29 is 4.79 Å². The molecule has 0 aliphatic rings. The lowest BCUT2D eigenvalue weighted by Gasteiger charge is -2.13. The highest BCUT2D eigenvalue weighted by Gasteiger charge is 2.08. The number of anilines is 1. The maximum Gasteiger partial charge on any atom is 0.225 e. The molecular formula is C18H23N3O. The van der Waals surface area contributed by atoms with Gasteiger partial charge in [0.1, 0.15) is 0 Å². The number of hydrogen-bond donors (Lipinski definition) is 2. The first kappa shape index (κ1) is 16.2. The molecule has 0 atom stereocenters. The average Bonchev–Trinajstić information content (AvgIpc) is 2.48. The predicted molar refractivity (Wildman–Crippen MR) is 89.8 cm³/mol. The van der Waals surface area contributed by atoms with Crippen LogP contribution < -0.4 is 10.6 Å². The highest BCUT2D eigenvalue weighted by Crippen LogP contribution is 2.21. The molecule has 0 fully saturated rings. The molecule has 1 heterocycles. The Bertz CT molecular complexity index is 615. The maximum atomic E-state index is 12.0. The molecule has 0 aliphatic heterocycles. The summed E-state index contributed by atoms with van der Waals surface area (Å²) in [5, 5.41) is 6.27. The maximum absolute atomic E-state index is 12.0. The molecule has 22 heavy (non-hydrogen) atoms. The normalized spacial score (nSPS) is 10.5. The van der Waals surface area contributed by atoms with Crippen LogP contribution in [0.3, 0.4) is 0 Å². The number of nitrogens with zero attached hydrogens (tertiary/aromatic N) is 1. The summed E-state index contributed by atoms with van der Waals surface area (Å²) in [4.78, 5) is 16.1. The number of benzene rings is 1. The Morgan fingerprint density at radius 3 is 2.55 bits per heavy atom. The van der Waals surface area contributed by atoms with Crippen LogP contribution in [0.15, 0.2) is 36.7 Å². The van der Waals surface area contributed by atoms with Crippen LogP contribution in [-0.2, 0) is 11.3 Å². The van der Waals surface area contributed by atoms with Crippen molar-refractivity contribution in [2.24, 2.45) is 0 Å². The third-order valence-electron chi connectivity index (χ3n) is 3.52. The largest absolute Gasteiger partial charge is 0.326 e. The van der Waals surface area contributed by atoms with Crippen LogP contribution in [0.25, 0.3) is 0 Å². The van der Waals surface area contributed by atoms with Gasteiger partial charge >= 0.3 is 0 Å². The minimum atomic E-state index is 0.0359. The van der Waals surface area contributed by atoms with Gasteiger partial charge < -0.3 is 10.6 Å². The number of rotatable bonds is 6. The summed E-state index contributed by atoms with van der Waals surface area (Å²) in [5.41, 5.74) is 5.48. The molecule has 1 aromatic heterocycles. The zero-order valence-electron chi connectivity index (χ0n) is 13.4. The van der Waals surface area contributed by atoms with Crippen LogP contribution in [0.2, 0.25) is 0 Å². The molecule has 0 bridgehead atoms. The van der Waals surface area contributed by atoms with Gasteiger partial charge in [-0.3, -0.25) is 9.78 Å². The van der Waals surface area contributed by atoms with Gasteiger partial charge in [0.15, 0.2) is 0 Å². The molecule has 0 saturated heterocycles. The zero-order chi connectivity index (χ0) is 15.9. The Kier molecular flexibility index (Phi) is 5.67. The Morgan fingerprint density at radius 2 is 1.91 bits per heavy atom. The molecule has 0 spiro atoms. The van der Waals surface area contributed by atoms with Gasteiger partial charge in [-0.15, -0.1) is 0 Å². The van der Waals surface area contributed by atoms with E-state index in [2.05, 4.69) is 34.7 Å². The Labute approximate surface area is 132 Å². The standard InChI is InChI=1S/C18H23N3O/c1-13-9-14(2)18(15(3)10-13)21-17(22)6-8-20-12-16-5-4-7-19-11-16/h4-5,7,9-11,20H,6,8,12H2,1-3H3,(H,21,22). The van der Waals surface area contributed by atoms with E-state index in [0.717, 1.165) is 28.9 Å². The van der Waals surface area contributed by atoms with E-state index in [1.165, 1.54) is 5.56 Å². The topological polar surface area (TPSA) is 54.0 Å². The number of carbonyl (C=O) groups is 1. The summed E-state index contributed by atoms with van der Waals surface area (Å²) in [5.74, 6) is 0.0359. The first-order chi connectivity index (χ1) is 10.6. The molecule has 0 unspecified atom stereocenters. The number of carbonyl (C=O) groups excluding carboxylic acids is 1. The first-order valence-corrected chi connectivity index (χ1v) is 7.53. The van der Waals surface area contributed by atoms with Gasteiger partial charge in [0.2, 0.25) is 5.91 Å². The molecule has 0 radical (unpaired) electrons. The third kappa shape index (κ3) is 4.67. The molecule has 2 aromatic rings. The van der Waals surface area contributed by atoms with E-state index >= 15 is 0 Å². The summed E-state index contributed by atoms with van der Waals surface area (Å²) in [6.45, 7) is 7.48. The fourth-order valence-electron chi connectivity index (χ4n) is 2.52. The Balaban J connectivity index is 1.79. The SMILES string of the molecule is Cc1cc(C)c(NC(=O)CCNCc2cccnc2)c(C)c1. The van der Waals surface area contributed by atoms with E-state index in [0.29, 0.717) is 13.0 Å². The zero-order valence-corrected chi connectivity index (χ0v) is 13.4. The smallest absolute Gasteiger partial charge is 0.225 e. The minimum Gasteiger partial charge on any atom is -0.326 e. The number of aryl methyl sites for hydroxylation is 3. The van der Waals surface area contributed by atoms with Crippen molar-refractivity contribution in [2.75, 3.05) is 11.9 Å². The van der Waals surface area contributed by atoms with Gasteiger partial charge in [0.25, 0.3) is 0 Å². The van der Waals surface area contributed by atoms with E-state index in [4.69, 9.17) is 0 Å². The number of aromatic nitrogens is 1. The van der Waals surface area contributed by atoms with Gasteiger partial charge in [-0.2, -0.15) is 0 Å². The van der Waals surface area contributed by atoms with Crippen molar-refractivity contribution in [3.05, 3.63) is 58.9 Å². The number of nitrogens with one attached hydrogen (secondary N) is 2. The molecular weight excluding hydrogens is 274 g/mol. The van der Waals surface area contributed by atoms with Gasteiger partial charge in [-0.1, -0.05) is 23.8 Å². The molecule has 116 valence electrons. The fourth-order valence-corrected chi connectivity index (χ4v) is 2.52. The van der Waals surface area contributed by atoms with Crippen molar-refractivity contribution in [2.45, 2.75) is 33.7 Å². The van der Waals surface area contributed by atoms with Crippen molar-refractivity contribution in [1.82, 2.24) is 10.3 Å². The molecule has 4 nitrogen and oxygen atoms in total. The van der Waals surface area contributed by atoms with Crippen molar-refractivity contribution >= 4 is 11.6 Å². The van der Waals surface area contributed by atoms with Crippen LogP contribution in [0.1, 0.15) is 28.7 Å². The van der Waals surface area contributed by atoms with Crippen LogP contribution in [0.5, 0.6) is 0 Å². The second-order valence-electron chi connectivity index (χ2n) is 5.61. The molecule has 0 saturated carbocycles. The molecule has 2 rings (SSSR count).